The average molecular weight is 324 g/mol. The number of aryl methyl sites for hydroxylation is 2. The lowest BCUT2D eigenvalue weighted by molar-refractivity contribution is -0.120. The molecule has 0 radical (unpaired) electrons. The highest BCUT2D eigenvalue weighted by molar-refractivity contribution is 6.02. The maximum atomic E-state index is 12.5. The Hall–Kier alpha value is -2.62. The molecular formula is C20H24N2O2. The van der Waals surface area contributed by atoms with E-state index in [0.29, 0.717) is 0 Å². The van der Waals surface area contributed by atoms with Crippen LogP contribution in [0, 0.1) is 13.8 Å². The number of hydrogen-bond donors (Lipinski definition) is 1. The van der Waals surface area contributed by atoms with Crippen molar-refractivity contribution < 1.29 is 9.59 Å². The summed E-state index contributed by atoms with van der Waals surface area (Å²) in [6.45, 7) is 7.50. The van der Waals surface area contributed by atoms with Crippen LogP contribution in [0.15, 0.2) is 42.5 Å². The molecule has 0 spiro atoms. The van der Waals surface area contributed by atoms with Crippen LogP contribution in [0.4, 0.5) is 11.4 Å². The zero-order valence-electron chi connectivity index (χ0n) is 14.7. The van der Waals surface area contributed by atoms with Crippen molar-refractivity contribution in [3.63, 3.8) is 0 Å². The largest absolute Gasteiger partial charge is 0.324 e. The monoisotopic (exact) mass is 324 g/mol. The third-order valence-electron chi connectivity index (χ3n) is 4.22. The van der Waals surface area contributed by atoms with Crippen LogP contribution in [0.25, 0.3) is 0 Å². The molecule has 4 heteroatoms. The standard InChI is InChI=1S/C20H24N2O2/c1-5-17-10-6-7-12-19(17)22(16(4)23)13-20(24)21-18-11-8-9-14(2)15(18)3/h6-12H,5,13H2,1-4H3,(H,21,24). The SMILES string of the molecule is CCc1ccccc1N(CC(=O)Nc1cccc(C)c1C)C(C)=O. The maximum Gasteiger partial charge on any atom is 0.244 e. The highest BCUT2D eigenvalue weighted by atomic mass is 16.2. The molecule has 2 amide bonds. The number of nitrogens with one attached hydrogen (secondary N) is 1. The molecule has 0 saturated heterocycles. The number of nitrogens with zero attached hydrogens (tertiary/aromatic N) is 1. The molecule has 2 aromatic rings. The highest BCUT2D eigenvalue weighted by Gasteiger charge is 2.18. The summed E-state index contributed by atoms with van der Waals surface area (Å²) in [5, 5.41) is 2.91. The van der Waals surface area contributed by atoms with Gasteiger partial charge in [0.05, 0.1) is 0 Å². The molecule has 0 unspecified atom stereocenters. The number of para-hydroxylation sites is 1. The van der Waals surface area contributed by atoms with E-state index in [4.69, 9.17) is 0 Å². The minimum Gasteiger partial charge on any atom is -0.324 e. The number of carbonyl (C=O) groups is 2. The van der Waals surface area contributed by atoms with Gasteiger partial charge in [0.1, 0.15) is 6.54 Å². The predicted molar refractivity (Wildman–Crippen MR) is 98.4 cm³/mol. The second-order valence-electron chi connectivity index (χ2n) is 5.88. The van der Waals surface area contributed by atoms with Gasteiger partial charge in [-0.15, -0.1) is 0 Å². The summed E-state index contributed by atoms with van der Waals surface area (Å²) in [6.07, 6.45) is 0.804. The zero-order valence-corrected chi connectivity index (χ0v) is 14.7. The topological polar surface area (TPSA) is 49.4 Å². The van der Waals surface area contributed by atoms with E-state index in [-0.39, 0.29) is 18.4 Å². The fourth-order valence-electron chi connectivity index (χ4n) is 2.66. The third kappa shape index (κ3) is 4.02. The van der Waals surface area contributed by atoms with Crippen LogP contribution in [-0.4, -0.2) is 18.4 Å². The summed E-state index contributed by atoms with van der Waals surface area (Å²) in [5.41, 5.74) is 4.78. The molecule has 0 aliphatic heterocycles. The molecule has 0 aliphatic rings. The van der Waals surface area contributed by atoms with Crippen molar-refractivity contribution in [2.24, 2.45) is 0 Å². The van der Waals surface area contributed by atoms with Gasteiger partial charge in [0.25, 0.3) is 0 Å². The molecule has 4 nitrogen and oxygen atoms in total. The number of carbonyl (C=O) groups excluding carboxylic acids is 2. The Kier molecular flexibility index (Phi) is 5.74. The van der Waals surface area contributed by atoms with Gasteiger partial charge < -0.3 is 10.2 Å². The number of rotatable bonds is 5. The van der Waals surface area contributed by atoms with E-state index in [9.17, 15) is 9.59 Å². The predicted octanol–water partition coefficient (Wildman–Crippen LogP) is 3.86. The van der Waals surface area contributed by atoms with Crippen LogP contribution in [0.2, 0.25) is 0 Å². The first-order chi connectivity index (χ1) is 11.4. The van der Waals surface area contributed by atoms with Gasteiger partial charge in [0.2, 0.25) is 11.8 Å². The van der Waals surface area contributed by atoms with Crippen LogP contribution >= 0.6 is 0 Å². The molecule has 0 aromatic heterocycles. The molecule has 24 heavy (non-hydrogen) atoms. The summed E-state index contributed by atoms with van der Waals surface area (Å²) in [6, 6.07) is 13.5. The number of hydrogen-bond acceptors (Lipinski definition) is 2. The Morgan fingerprint density at radius 3 is 2.42 bits per heavy atom. The van der Waals surface area contributed by atoms with E-state index in [1.165, 1.54) is 11.8 Å². The van der Waals surface area contributed by atoms with Gasteiger partial charge in [-0.05, 0) is 49.1 Å². The molecule has 0 atom stereocenters. The van der Waals surface area contributed by atoms with Crippen molar-refractivity contribution in [2.75, 3.05) is 16.8 Å². The summed E-state index contributed by atoms with van der Waals surface area (Å²) < 4.78 is 0. The Bertz CT molecular complexity index is 753. The lowest BCUT2D eigenvalue weighted by atomic mass is 10.1. The fourth-order valence-corrected chi connectivity index (χ4v) is 2.66. The Balaban J connectivity index is 2.20. The molecule has 0 heterocycles. The van der Waals surface area contributed by atoms with E-state index in [2.05, 4.69) is 5.32 Å². The third-order valence-corrected chi connectivity index (χ3v) is 4.22. The quantitative estimate of drug-likeness (QED) is 0.908. The molecule has 2 aromatic carbocycles. The minimum absolute atomic E-state index is 0.000269. The second-order valence-corrected chi connectivity index (χ2v) is 5.88. The number of benzene rings is 2. The summed E-state index contributed by atoms with van der Waals surface area (Å²) in [4.78, 5) is 26.1. The smallest absolute Gasteiger partial charge is 0.244 e. The van der Waals surface area contributed by atoms with E-state index in [1.807, 2.05) is 63.2 Å². The van der Waals surface area contributed by atoms with Gasteiger partial charge in [-0.3, -0.25) is 9.59 Å². The molecular weight excluding hydrogens is 300 g/mol. The molecule has 2 rings (SSSR count). The summed E-state index contributed by atoms with van der Waals surface area (Å²) in [5.74, 6) is -0.350. The van der Waals surface area contributed by atoms with Crippen molar-refractivity contribution in [3.8, 4) is 0 Å². The summed E-state index contributed by atoms with van der Waals surface area (Å²) in [7, 11) is 0. The van der Waals surface area contributed by atoms with E-state index < -0.39 is 0 Å². The van der Waals surface area contributed by atoms with E-state index in [1.54, 1.807) is 0 Å². The van der Waals surface area contributed by atoms with Crippen LogP contribution < -0.4 is 10.2 Å². The van der Waals surface area contributed by atoms with Crippen molar-refractivity contribution in [1.29, 1.82) is 0 Å². The van der Waals surface area contributed by atoms with Crippen molar-refractivity contribution in [2.45, 2.75) is 34.1 Å². The van der Waals surface area contributed by atoms with Gasteiger partial charge >= 0.3 is 0 Å². The molecule has 126 valence electrons. The Labute approximate surface area is 143 Å². The minimum atomic E-state index is -0.204. The number of anilines is 2. The molecule has 1 N–H and O–H groups in total. The highest BCUT2D eigenvalue weighted by Crippen LogP contribution is 2.22. The Morgan fingerprint density at radius 2 is 1.75 bits per heavy atom. The summed E-state index contributed by atoms with van der Waals surface area (Å²) >= 11 is 0. The molecule has 0 bridgehead atoms. The lowest BCUT2D eigenvalue weighted by Crippen LogP contribution is -2.37. The van der Waals surface area contributed by atoms with Gasteiger partial charge in [0.15, 0.2) is 0 Å². The molecule has 0 aliphatic carbocycles. The average Bonchev–Trinajstić information content (AvgIpc) is 2.56. The fraction of sp³-hybridized carbons (Fsp3) is 0.300. The van der Waals surface area contributed by atoms with E-state index >= 15 is 0 Å². The van der Waals surface area contributed by atoms with Crippen LogP contribution in [0.1, 0.15) is 30.5 Å². The van der Waals surface area contributed by atoms with Crippen LogP contribution in [-0.2, 0) is 16.0 Å². The number of amides is 2. The normalized spacial score (nSPS) is 10.3. The van der Waals surface area contributed by atoms with Crippen molar-refractivity contribution in [3.05, 3.63) is 59.2 Å². The van der Waals surface area contributed by atoms with Gasteiger partial charge in [-0.1, -0.05) is 37.3 Å². The van der Waals surface area contributed by atoms with Crippen LogP contribution in [0.3, 0.4) is 0 Å². The van der Waals surface area contributed by atoms with Gasteiger partial charge in [-0.2, -0.15) is 0 Å². The zero-order chi connectivity index (χ0) is 17.7. The van der Waals surface area contributed by atoms with Crippen molar-refractivity contribution in [1.82, 2.24) is 0 Å². The lowest BCUT2D eigenvalue weighted by Gasteiger charge is -2.23. The first kappa shape index (κ1) is 17.7. The first-order valence-electron chi connectivity index (χ1n) is 8.16. The molecule has 0 fully saturated rings. The molecule has 0 saturated carbocycles. The van der Waals surface area contributed by atoms with Crippen LogP contribution in [0.5, 0.6) is 0 Å². The maximum absolute atomic E-state index is 12.5. The second kappa shape index (κ2) is 7.77. The van der Waals surface area contributed by atoms with Crippen molar-refractivity contribution >= 4 is 23.2 Å². The van der Waals surface area contributed by atoms with Gasteiger partial charge in [0, 0.05) is 18.3 Å². The Morgan fingerprint density at radius 1 is 1.04 bits per heavy atom. The van der Waals surface area contributed by atoms with E-state index in [0.717, 1.165) is 34.5 Å². The first-order valence-corrected chi connectivity index (χ1v) is 8.16. The van der Waals surface area contributed by atoms with Gasteiger partial charge in [-0.25, -0.2) is 0 Å².